The summed E-state index contributed by atoms with van der Waals surface area (Å²) in [4.78, 5) is 12.9. The third-order valence-electron chi connectivity index (χ3n) is 7.74. The van der Waals surface area contributed by atoms with E-state index in [0.29, 0.717) is 12.1 Å². The molecule has 0 aliphatic carbocycles. The largest absolute Gasteiger partial charge is 1.00 e. The van der Waals surface area contributed by atoms with E-state index in [1.54, 1.807) is 0 Å². The van der Waals surface area contributed by atoms with E-state index in [4.69, 9.17) is 9.47 Å². The number of benzene rings is 2. The molecular weight excluding hydrogens is 494 g/mol. The fraction of sp³-hybridized carbons (Fsp3) is 0.536. The van der Waals surface area contributed by atoms with E-state index in [-0.39, 0.29) is 35.7 Å². The molecule has 2 bridgehead atoms. The number of esters is 1. The molecule has 34 heavy (non-hydrogen) atoms. The van der Waals surface area contributed by atoms with Crippen LogP contribution in [-0.4, -0.2) is 54.0 Å². The van der Waals surface area contributed by atoms with Crippen LogP contribution in [0.1, 0.15) is 62.5 Å². The third-order valence-corrected chi connectivity index (χ3v) is 7.74. The number of hydrogen-bond acceptors (Lipinski definition) is 4. The number of aliphatic hydroxyl groups is 1. The normalized spacial score (nSPS) is 26.4. The first-order valence-corrected chi connectivity index (χ1v) is 12.5. The van der Waals surface area contributed by atoms with Crippen molar-refractivity contribution in [3.8, 4) is 5.75 Å². The number of fused-ring (bicyclic) bond motifs is 2. The Morgan fingerprint density at radius 3 is 2.29 bits per heavy atom. The summed E-state index contributed by atoms with van der Waals surface area (Å²) in [7, 11) is 2.37. The molecule has 0 amide bonds. The minimum Gasteiger partial charge on any atom is -1.00 e. The molecule has 2 fully saturated rings. The van der Waals surface area contributed by atoms with E-state index in [1.807, 2.05) is 30.3 Å². The topological polar surface area (TPSA) is 55.8 Å². The molecule has 5 atom stereocenters. The minimum atomic E-state index is -0.607. The van der Waals surface area contributed by atoms with Crippen LogP contribution in [0.25, 0.3) is 0 Å². The number of carbonyl (C=O) groups is 1. The molecule has 0 radical (unpaired) electrons. The summed E-state index contributed by atoms with van der Waals surface area (Å²) in [6, 6.07) is 19.0. The number of ether oxygens (including phenoxy) is 2. The van der Waals surface area contributed by atoms with Crippen molar-refractivity contribution in [2.45, 2.75) is 76.1 Å². The smallest absolute Gasteiger partial charge is 0.316 e. The average Bonchev–Trinajstić information content (AvgIpc) is 2.98. The van der Waals surface area contributed by atoms with E-state index < -0.39 is 5.92 Å². The van der Waals surface area contributed by atoms with Gasteiger partial charge in [0.25, 0.3) is 0 Å². The molecule has 2 saturated heterocycles. The van der Waals surface area contributed by atoms with Crippen LogP contribution in [0.2, 0.25) is 0 Å². The summed E-state index contributed by atoms with van der Waals surface area (Å²) in [5, 5.41) is 9.81. The van der Waals surface area contributed by atoms with Gasteiger partial charge >= 0.3 is 5.97 Å². The van der Waals surface area contributed by atoms with Gasteiger partial charge in [0, 0.05) is 31.2 Å². The SMILES string of the molecule is CCCCOc1ccc(C[N+]2(C)[C@@H]3CC[C@H]2CC(OC(=O)[C@H](CO)c2ccccc2)C3)cc1.[Br-]. The van der Waals surface area contributed by atoms with E-state index in [9.17, 15) is 9.90 Å². The van der Waals surface area contributed by atoms with Crippen LogP contribution in [0.3, 0.4) is 0 Å². The van der Waals surface area contributed by atoms with E-state index >= 15 is 0 Å². The number of quaternary nitrogens is 1. The van der Waals surface area contributed by atoms with Crippen LogP contribution in [0.4, 0.5) is 0 Å². The predicted octanol–water partition coefficient (Wildman–Crippen LogP) is 1.83. The summed E-state index contributed by atoms with van der Waals surface area (Å²) in [6.45, 7) is 3.71. The average molecular weight is 533 g/mol. The van der Waals surface area contributed by atoms with Crippen molar-refractivity contribution in [3.05, 3.63) is 65.7 Å². The van der Waals surface area contributed by atoms with Gasteiger partial charge in [0.05, 0.1) is 32.3 Å². The second-order valence-electron chi connectivity index (χ2n) is 9.91. The molecule has 186 valence electrons. The van der Waals surface area contributed by atoms with Crippen molar-refractivity contribution in [1.29, 1.82) is 0 Å². The van der Waals surface area contributed by atoms with Gasteiger partial charge in [-0.15, -0.1) is 0 Å². The minimum absolute atomic E-state index is 0. The number of piperidine rings is 1. The van der Waals surface area contributed by atoms with Crippen LogP contribution in [0, 0.1) is 0 Å². The molecule has 2 aliphatic heterocycles. The number of hydrogen-bond donors (Lipinski definition) is 1. The fourth-order valence-electron chi connectivity index (χ4n) is 5.71. The summed E-state index contributed by atoms with van der Waals surface area (Å²) in [6.07, 6.45) is 6.29. The van der Waals surface area contributed by atoms with Crippen LogP contribution < -0.4 is 21.7 Å². The van der Waals surface area contributed by atoms with Crippen LogP contribution in [0.15, 0.2) is 54.6 Å². The molecule has 2 aromatic carbocycles. The van der Waals surface area contributed by atoms with Gasteiger partial charge < -0.3 is 36.0 Å². The van der Waals surface area contributed by atoms with E-state index in [0.717, 1.165) is 54.6 Å². The van der Waals surface area contributed by atoms with Crippen molar-refractivity contribution in [3.63, 3.8) is 0 Å². The van der Waals surface area contributed by atoms with Crippen molar-refractivity contribution >= 4 is 5.97 Å². The predicted molar refractivity (Wildman–Crippen MR) is 129 cm³/mol. The van der Waals surface area contributed by atoms with Crippen molar-refractivity contribution in [1.82, 2.24) is 0 Å². The zero-order valence-electron chi connectivity index (χ0n) is 20.4. The fourth-order valence-corrected chi connectivity index (χ4v) is 5.71. The van der Waals surface area contributed by atoms with Gasteiger partial charge in [-0.25, -0.2) is 0 Å². The molecule has 2 aliphatic rings. The molecule has 2 aromatic rings. The van der Waals surface area contributed by atoms with Gasteiger partial charge in [0.2, 0.25) is 0 Å². The zero-order valence-corrected chi connectivity index (χ0v) is 22.0. The Bertz CT molecular complexity index is 890. The first kappa shape index (κ1) is 26.7. The summed E-state index contributed by atoms with van der Waals surface area (Å²) < 4.78 is 12.8. The van der Waals surface area contributed by atoms with Gasteiger partial charge in [-0.1, -0.05) is 43.7 Å². The lowest BCUT2D eigenvalue weighted by Crippen LogP contribution is -3.00. The van der Waals surface area contributed by atoms with E-state index in [1.165, 1.54) is 18.4 Å². The molecule has 2 unspecified atom stereocenters. The highest BCUT2D eigenvalue weighted by molar-refractivity contribution is 5.78. The van der Waals surface area contributed by atoms with Gasteiger partial charge in [-0.05, 0) is 36.2 Å². The maximum absolute atomic E-state index is 12.9. The van der Waals surface area contributed by atoms with Gasteiger partial charge in [-0.2, -0.15) is 0 Å². The Balaban J connectivity index is 0.00000324. The Morgan fingerprint density at radius 2 is 1.71 bits per heavy atom. The zero-order chi connectivity index (χ0) is 23.3. The molecule has 1 N–H and O–H groups in total. The summed E-state index contributed by atoms with van der Waals surface area (Å²) in [5.41, 5.74) is 2.14. The van der Waals surface area contributed by atoms with Gasteiger partial charge in [0.15, 0.2) is 0 Å². The quantitative estimate of drug-likeness (QED) is 0.288. The molecule has 0 aromatic heterocycles. The number of aliphatic hydroxyl groups excluding tert-OH is 1. The van der Waals surface area contributed by atoms with Crippen molar-refractivity contribution in [2.24, 2.45) is 0 Å². The monoisotopic (exact) mass is 531 g/mol. The third kappa shape index (κ3) is 6.02. The highest BCUT2D eigenvalue weighted by atomic mass is 79.9. The number of carbonyl (C=O) groups excluding carboxylic acids is 1. The molecular formula is C28H38BrNO4. The Hall–Kier alpha value is -1.89. The summed E-state index contributed by atoms with van der Waals surface area (Å²) >= 11 is 0. The maximum atomic E-state index is 12.9. The van der Waals surface area contributed by atoms with Crippen molar-refractivity contribution in [2.75, 3.05) is 20.3 Å². The molecule has 2 heterocycles. The maximum Gasteiger partial charge on any atom is 0.316 e. The second kappa shape index (κ2) is 12.2. The molecule has 0 saturated carbocycles. The molecule has 5 nitrogen and oxygen atoms in total. The number of halogens is 1. The molecule has 6 heteroatoms. The van der Waals surface area contributed by atoms with Crippen LogP contribution in [-0.2, 0) is 16.1 Å². The number of rotatable bonds is 10. The Kier molecular flexibility index (Phi) is 9.57. The lowest BCUT2D eigenvalue weighted by molar-refractivity contribution is -0.961. The van der Waals surface area contributed by atoms with Gasteiger partial charge in [-0.3, -0.25) is 4.79 Å². The van der Waals surface area contributed by atoms with Crippen LogP contribution in [0.5, 0.6) is 5.75 Å². The highest BCUT2D eigenvalue weighted by Gasteiger charge is 2.52. The first-order valence-electron chi connectivity index (χ1n) is 12.5. The number of unbranched alkanes of at least 4 members (excludes halogenated alkanes) is 1. The second-order valence-corrected chi connectivity index (χ2v) is 9.91. The first-order chi connectivity index (χ1) is 16.0. The Morgan fingerprint density at radius 1 is 1.06 bits per heavy atom. The standard InChI is InChI=1S/C28H38NO4.BrH/c1-3-4-16-32-25-14-10-21(11-15-25)19-29(2)23-12-13-24(29)18-26(17-23)33-28(31)27(20-30)22-8-6-5-7-9-22;/h5-11,14-15,23-24,26-27,30H,3-4,12-13,16-20H2,1-2H3;1H/q+1;/p-1/t23-,24+,26?,27-,29?;/m1./s1. The molecule has 4 rings (SSSR count). The highest BCUT2D eigenvalue weighted by Crippen LogP contribution is 2.43. The number of nitrogens with zero attached hydrogens (tertiary/aromatic N) is 1. The Labute approximate surface area is 214 Å². The molecule has 0 spiro atoms. The van der Waals surface area contributed by atoms with Crippen LogP contribution >= 0.6 is 0 Å². The lowest BCUT2D eigenvalue weighted by atomic mass is 9.95. The lowest BCUT2D eigenvalue weighted by Gasteiger charge is -2.47. The van der Waals surface area contributed by atoms with E-state index in [2.05, 4.69) is 38.2 Å². The van der Waals surface area contributed by atoms with Gasteiger partial charge in [0.1, 0.15) is 24.3 Å². The van der Waals surface area contributed by atoms with Crippen molar-refractivity contribution < 1.29 is 40.8 Å². The summed E-state index contributed by atoms with van der Waals surface area (Å²) in [5.74, 6) is 0.0351.